The van der Waals surface area contributed by atoms with Gasteiger partial charge in [-0.15, -0.1) is 0 Å². The van der Waals surface area contributed by atoms with Crippen molar-refractivity contribution in [3.63, 3.8) is 0 Å². The van der Waals surface area contributed by atoms with Crippen LogP contribution in [0.15, 0.2) is 60.7 Å². The third-order valence-corrected chi connectivity index (χ3v) is 5.51. The van der Waals surface area contributed by atoms with Crippen LogP contribution >= 0.6 is 11.6 Å². The summed E-state index contributed by atoms with van der Waals surface area (Å²) in [5, 5.41) is 11.1. The van der Waals surface area contributed by atoms with Crippen LogP contribution < -0.4 is 15.2 Å². The Kier molecular flexibility index (Phi) is 6.33. The molecule has 0 saturated carbocycles. The zero-order valence-corrected chi connectivity index (χ0v) is 18.7. The van der Waals surface area contributed by atoms with E-state index in [4.69, 9.17) is 26.8 Å². The van der Waals surface area contributed by atoms with E-state index in [-0.39, 0.29) is 28.9 Å². The van der Waals surface area contributed by atoms with Gasteiger partial charge in [-0.25, -0.2) is 14.4 Å². The number of anilines is 1. The van der Waals surface area contributed by atoms with Crippen molar-refractivity contribution in [1.29, 1.82) is 0 Å². The lowest BCUT2D eigenvalue weighted by Gasteiger charge is -2.15. The molecule has 3 aromatic carbocycles. The molecule has 0 atom stereocenters. The van der Waals surface area contributed by atoms with E-state index >= 15 is 0 Å². The van der Waals surface area contributed by atoms with Gasteiger partial charge < -0.3 is 20.3 Å². The third-order valence-electron chi connectivity index (χ3n) is 5.16. The van der Waals surface area contributed by atoms with Gasteiger partial charge >= 0.3 is 0 Å². The molecule has 3 N–H and O–H groups in total. The van der Waals surface area contributed by atoms with E-state index in [0.29, 0.717) is 28.5 Å². The van der Waals surface area contributed by atoms with Crippen molar-refractivity contribution in [2.24, 2.45) is 0 Å². The smallest absolute Gasteiger partial charge is 0.220 e. The maximum atomic E-state index is 14.0. The minimum absolute atomic E-state index is 0.0700. The topological polar surface area (TPSA) is 90.5 Å². The van der Waals surface area contributed by atoms with Crippen molar-refractivity contribution < 1.29 is 19.0 Å². The lowest BCUT2D eigenvalue weighted by Crippen LogP contribution is -2.03. The van der Waals surface area contributed by atoms with Crippen LogP contribution in [0.5, 0.6) is 17.2 Å². The number of aromatic hydroxyl groups is 1. The summed E-state index contributed by atoms with van der Waals surface area (Å²) in [6, 6.07) is 16.6. The Morgan fingerprint density at radius 2 is 1.76 bits per heavy atom. The van der Waals surface area contributed by atoms with Gasteiger partial charge in [-0.3, -0.25) is 0 Å². The number of hydrogen-bond acceptors (Lipinski definition) is 6. The average Bonchev–Trinajstić information content (AvgIpc) is 2.78. The van der Waals surface area contributed by atoms with Gasteiger partial charge in [0, 0.05) is 22.8 Å². The second-order valence-corrected chi connectivity index (χ2v) is 7.69. The van der Waals surface area contributed by atoms with Crippen molar-refractivity contribution in [3.05, 3.63) is 82.8 Å². The number of nitrogens with zero attached hydrogens (tertiary/aromatic N) is 2. The van der Waals surface area contributed by atoms with E-state index in [1.165, 1.54) is 18.2 Å². The quantitative estimate of drug-likeness (QED) is 0.374. The summed E-state index contributed by atoms with van der Waals surface area (Å²) in [5.74, 6) is 0.626. The first-order chi connectivity index (χ1) is 15.9. The summed E-state index contributed by atoms with van der Waals surface area (Å²) in [6.45, 7) is 1.74. The third kappa shape index (κ3) is 4.68. The van der Waals surface area contributed by atoms with Gasteiger partial charge in [0.1, 0.15) is 29.7 Å². The average molecular weight is 466 g/mol. The van der Waals surface area contributed by atoms with Crippen molar-refractivity contribution in [2.75, 3.05) is 12.8 Å². The van der Waals surface area contributed by atoms with E-state index in [1.54, 1.807) is 25.3 Å². The molecular formula is C25H21ClFN3O3. The number of phenols is 1. The van der Waals surface area contributed by atoms with Crippen LogP contribution in [0.25, 0.3) is 22.4 Å². The van der Waals surface area contributed by atoms with Gasteiger partial charge in [-0.05, 0) is 48.9 Å². The first kappa shape index (κ1) is 22.4. The van der Waals surface area contributed by atoms with E-state index in [0.717, 1.165) is 11.1 Å². The summed E-state index contributed by atoms with van der Waals surface area (Å²) in [4.78, 5) is 8.68. The molecule has 0 saturated heterocycles. The fraction of sp³-hybridized carbons (Fsp3) is 0.120. The SMILES string of the molecule is COc1ccc(-c2c(C)nc(N)nc2-c2ccc(OCc3c(F)cccc3Cl)cc2O)cc1. The van der Waals surface area contributed by atoms with Crippen LogP contribution in [0.3, 0.4) is 0 Å². The molecule has 4 rings (SSSR count). The number of rotatable bonds is 6. The summed E-state index contributed by atoms with van der Waals surface area (Å²) >= 11 is 6.05. The van der Waals surface area contributed by atoms with E-state index in [9.17, 15) is 9.50 Å². The molecule has 0 radical (unpaired) electrons. The fourth-order valence-electron chi connectivity index (χ4n) is 3.52. The number of methoxy groups -OCH3 is 1. The van der Waals surface area contributed by atoms with Crippen molar-refractivity contribution in [1.82, 2.24) is 9.97 Å². The number of nitrogen functional groups attached to an aromatic ring is 1. The second kappa shape index (κ2) is 9.34. The first-order valence-corrected chi connectivity index (χ1v) is 10.4. The number of nitrogens with two attached hydrogens (primary N) is 1. The van der Waals surface area contributed by atoms with Crippen LogP contribution in [-0.2, 0) is 6.61 Å². The van der Waals surface area contributed by atoms with Crippen LogP contribution in [0.4, 0.5) is 10.3 Å². The molecule has 0 unspecified atom stereocenters. The number of phenolic OH excluding ortho intramolecular Hbond substituents is 1. The van der Waals surface area contributed by atoms with Gasteiger partial charge in [0.25, 0.3) is 0 Å². The molecule has 0 aliphatic heterocycles. The van der Waals surface area contributed by atoms with Crippen molar-refractivity contribution in [3.8, 4) is 39.6 Å². The molecule has 8 heteroatoms. The highest BCUT2D eigenvalue weighted by molar-refractivity contribution is 6.31. The van der Waals surface area contributed by atoms with Gasteiger partial charge in [0.05, 0.1) is 23.5 Å². The predicted molar refractivity (Wildman–Crippen MR) is 126 cm³/mol. The lowest BCUT2D eigenvalue weighted by molar-refractivity contribution is 0.298. The highest BCUT2D eigenvalue weighted by Gasteiger charge is 2.18. The van der Waals surface area contributed by atoms with Crippen LogP contribution in [0, 0.1) is 12.7 Å². The fourth-order valence-corrected chi connectivity index (χ4v) is 3.74. The van der Waals surface area contributed by atoms with Gasteiger partial charge in [0.15, 0.2) is 0 Å². The number of ether oxygens (including phenoxy) is 2. The second-order valence-electron chi connectivity index (χ2n) is 7.29. The van der Waals surface area contributed by atoms with Gasteiger partial charge in [0.2, 0.25) is 5.95 Å². The molecule has 0 spiro atoms. The molecule has 1 aromatic heterocycles. The monoisotopic (exact) mass is 465 g/mol. The molecule has 1 heterocycles. The molecule has 33 heavy (non-hydrogen) atoms. The first-order valence-electron chi connectivity index (χ1n) is 10.0. The highest BCUT2D eigenvalue weighted by atomic mass is 35.5. The molecular weight excluding hydrogens is 445 g/mol. The predicted octanol–water partition coefficient (Wildman–Crippen LogP) is 5.79. The summed E-state index contributed by atoms with van der Waals surface area (Å²) in [5.41, 5.74) is 9.32. The molecule has 4 aromatic rings. The van der Waals surface area contributed by atoms with Crippen LogP contribution in [0.2, 0.25) is 5.02 Å². The Morgan fingerprint density at radius 1 is 1.03 bits per heavy atom. The maximum absolute atomic E-state index is 14.0. The Labute approximate surface area is 195 Å². The highest BCUT2D eigenvalue weighted by Crippen LogP contribution is 2.39. The molecule has 168 valence electrons. The largest absolute Gasteiger partial charge is 0.507 e. The Hall–Kier alpha value is -3.84. The number of aromatic nitrogens is 2. The van der Waals surface area contributed by atoms with E-state index in [2.05, 4.69) is 9.97 Å². The van der Waals surface area contributed by atoms with E-state index in [1.807, 2.05) is 31.2 Å². The maximum Gasteiger partial charge on any atom is 0.220 e. The molecule has 0 aliphatic carbocycles. The zero-order valence-electron chi connectivity index (χ0n) is 18.0. The normalized spacial score (nSPS) is 10.8. The standard InChI is InChI=1S/C25H21ClFN3O3/c1-14-23(15-6-8-16(32-2)9-7-15)24(30-25(28)29-14)18-11-10-17(12-22(18)31)33-13-19-20(26)4-3-5-21(19)27/h3-12,31H,13H2,1-2H3,(H2,28,29,30). The molecule has 0 amide bonds. The molecule has 0 bridgehead atoms. The van der Waals surface area contributed by atoms with Crippen LogP contribution in [-0.4, -0.2) is 22.2 Å². The summed E-state index contributed by atoms with van der Waals surface area (Å²) in [6.07, 6.45) is 0. The van der Waals surface area contributed by atoms with Gasteiger partial charge in [-0.1, -0.05) is 29.8 Å². The van der Waals surface area contributed by atoms with E-state index < -0.39 is 5.82 Å². The molecule has 6 nitrogen and oxygen atoms in total. The Balaban J connectivity index is 1.69. The Bertz CT molecular complexity index is 1290. The molecule has 0 fully saturated rings. The van der Waals surface area contributed by atoms with Gasteiger partial charge in [-0.2, -0.15) is 0 Å². The van der Waals surface area contributed by atoms with Crippen molar-refractivity contribution >= 4 is 17.5 Å². The number of halogens is 2. The minimum Gasteiger partial charge on any atom is -0.507 e. The summed E-state index contributed by atoms with van der Waals surface area (Å²) < 4.78 is 24.9. The lowest BCUT2D eigenvalue weighted by atomic mass is 9.97. The number of benzene rings is 3. The Morgan fingerprint density at radius 3 is 2.42 bits per heavy atom. The molecule has 0 aliphatic rings. The number of hydrogen-bond donors (Lipinski definition) is 2. The summed E-state index contributed by atoms with van der Waals surface area (Å²) in [7, 11) is 1.60. The zero-order chi connectivity index (χ0) is 23.5. The minimum atomic E-state index is -0.459. The van der Waals surface area contributed by atoms with Crippen LogP contribution in [0.1, 0.15) is 11.3 Å². The number of aryl methyl sites for hydroxylation is 1. The van der Waals surface area contributed by atoms with Crippen molar-refractivity contribution in [2.45, 2.75) is 13.5 Å².